The van der Waals surface area contributed by atoms with Gasteiger partial charge in [-0.15, -0.1) is 0 Å². The van der Waals surface area contributed by atoms with E-state index in [1.807, 2.05) is 0 Å². The van der Waals surface area contributed by atoms with E-state index in [0.717, 1.165) is 18.7 Å². The molecule has 1 atom stereocenters. The number of sulfonamides is 1. The minimum atomic E-state index is -3.86. The van der Waals surface area contributed by atoms with Crippen LogP contribution in [0.1, 0.15) is 12.8 Å². The second-order valence-electron chi connectivity index (χ2n) is 5.01. The van der Waals surface area contributed by atoms with Gasteiger partial charge in [0, 0.05) is 25.4 Å². The van der Waals surface area contributed by atoms with E-state index in [4.69, 9.17) is 17.3 Å². The van der Waals surface area contributed by atoms with Crippen molar-refractivity contribution in [2.45, 2.75) is 28.7 Å². The van der Waals surface area contributed by atoms with Gasteiger partial charge in [0.2, 0.25) is 10.0 Å². The molecule has 0 bridgehead atoms. The maximum absolute atomic E-state index is 12.7. The molecule has 1 fully saturated rings. The van der Waals surface area contributed by atoms with E-state index in [1.54, 1.807) is 0 Å². The largest absolute Gasteiger partial charge is 0.329 e. The molecule has 0 saturated carbocycles. The molecular formula is C12H17ClN2O4S2. The van der Waals surface area contributed by atoms with Crippen molar-refractivity contribution in [3.63, 3.8) is 0 Å². The predicted octanol–water partition coefficient (Wildman–Crippen LogP) is 0.855. The Morgan fingerprint density at radius 1 is 1.33 bits per heavy atom. The first-order valence-corrected chi connectivity index (χ1v) is 10.1. The fourth-order valence-corrected chi connectivity index (χ4v) is 5.33. The number of hydrogen-bond acceptors (Lipinski definition) is 5. The minimum Gasteiger partial charge on any atom is -0.329 e. The SMILES string of the molecule is CS(=O)(=O)c1ccc(Cl)c(S(=O)(=O)N2CCCC2CN)c1. The molecule has 1 aliphatic heterocycles. The third kappa shape index (κ3) is 3.24. The monoisotopic (exact) mass is 352 g/mol. The molecule has 1 aromatic carbocycles. The van der Waals surface area contributed by atoms with E-state index >= 15 is 0 Å². The smallest absolute Gasteiger partial charge is 0.244 e. The maximum Gasteiger partial charge on any atom is 0.244 e. The fourth-order valence-electron chi connectivity index (χ4n) is 2.40. The van der Waals surface area contributed by atoms with Crippen LogP contribution in [0.25, 0.3) is 0 Å². The standard InChI is InChI=1S/C12H17ClN2O4S2/c1-20(16,17)10-4-5-11(13)12(7-10)21(18,19)15-6-2-3-9(15)8-14/h4-5,7,9H,2-3,6,8,14H2,1H3. The lowest BCUT2D eigenvalue weighted by Crippen LogP contribution is -2.40. The van der Waals surface area contributed by atoms with Crippen LogP contribution in [0.3, 0.4) is 0 Å². The summed E-state index contributed by atoms with van der Waals surface area (Å²) in [7, 11) is -7.37. The highest BCUT2D eigenvalue weighted by atomic mass is 35.5. The van der Waals surface area contributed by atoms with Gasteiger partial charge in [-0.3, -0.25) is 0 Å². The van der Waals surface area contributed by atoms with Gasteiger partial charge in [-0.2, -0.15) is 4.31 Å². The van der Waals surface area contributed by atoms with Crippen LogP contribution in [-0.4, -0.2) is 46.5 Å². The van der Waals surface area contributed by atoms with Gasteiger partial charge in [0.15, 0.2) is 9.84 Å². The molecule has 9 heteroatoms. The first-order chi connectivity index (χ1) is 9.67. The normalized spacial score (nSPS) is 20.8. The zero-order valence-electron chi connectivity index (χ0n) is 11.5. The van der Waals surface area contributed by atoms with E-state index in [0.29, 0.717) is 13.0 Å². The van der Waals surface area contributed by atoms with E-state index in [9.17, 15) is 16.8 Å². The third-order valence-electron chi connectivity index (χ3n) is 3.51. The highest BCUT2D eigenvalue weighted by molar-refractivity contribution is 7.91. The Hall–Kier alpha value is -0.670. The molecule has 2 rings (SSSR count). The summed E-state index contributed by atoms with van der Waals surface area (Å²) in [5, 5.41) is 0.00470. The first-order valence-electron chi connectivity index (χ1n) is 6.39. The zero-order valence-corrected chi connectivity index (χ0v) is 13.9. The molecule has 1 aromatic rings. The van der Waals surface area contributed by atoms with Gasteiger partial charge >= 0.3 is 0 Å². The Bertz CT molecular complexity index is 747. The minimum absolute atomic E-state index is 0.00470. The topological polar surface area (TPSA) is 97.5 Å². The van der Waals surface area contributed by atoms with Gasteiger partial charge in [0.1, 0.15) is 4.90 Å². The van der Waals surface area contributed by atoms with Crippen LogP contribution in [0.15, 0.2) is 28.0 Å². The van der Waals surface area contributed by atoms with Crippen LogP contribution in [-0.2, 0) is 19.9 Å². The van der Waals surface area contributed by atoms with Gasteiger partial charge in [-0.1, -0.05) is 11.6 Å². The Morgan fingerprint density at radius 3 is 2.57 bits per heavy atom. The summed E-state index contributed by atoms with van der Waals surface area (Å²) in [6.45, 7) is 0.590. The Kier molecular flexibility index (Phi) is 4.65. The van der Waals surface area contributed by atoms with Gasteiger partial charge < -0.3 is 5.73 Å². The second-order valence-corrected chi connectivity index (χ2v) is 9.29. The molecule has 1 heterocycles. The van der Waals surface area contributed by atoms with Crippen molar-refractivity contribution in [2.75, 3.05) is 19.3 Å². The summed E-state index contributed by atoms with van der Waals surface area (Å²) in [6, 6.07) is 3.42. The van der Waals surface area contributed by atoms with Crippen molar-refractivity contribution in [2.24, 2.45) is 5.73 Å². The van der Waals surface area contributed by atoms with E-state index in [2.05, 4.69) is 0 Å². The number of hydrogen-bond donors (Lipinski definition) is 1. The van der Waals surface area contributed by atoms with Crippen molar-refractivity contribution >= 4 is 31.5 Å². The molecule has 0 aliphatic carbocycles. The van der Waals surface area contributed by atoms with E-state index in [1.165, 1.54) is 16.4 Å². The summed E-state index contributed by atoms with van der Waals surface area (Å²) >= 11 is 5.97. The van der Waals surface area contributed by atoms with Crippen molar-refractivity contribution in [1.82, 2.24) is 4.31 Å². The number of benzene rings is 1. The van der Waals surface area contributed by atoms with Crippen LogP contribution in [0.2, 0.25) is 5.02 Å². The highest BCUT2D eigenvalue weighted by Crippen LogP contribution is 2.31. The molecule has 21 heavy (non-hydrogen) atoms. The van der Waals surface area contributed by atoms with Gasteiger partial charge in [0.05, 0.1) is 9.92 Å². The summed E-state index contributed by atoms with van der Waals surface area (Å²) in [6.07, 6.45) is 2.44. The third-order valence-corrected chi connectivity index (χ3v) is 7.06. The Labute approximate surface area is 129 Å². The summed E-state index contributed by atoms with van der Waals surface area (Å²) in [5.41, 5.74) is 5.60. The summed E-state index contributed by atoms with van der Waals surface area (Å²) in [5.74, 6) is 0. The molecule has 118 valence electrons. The predicted molar refractivity (Wildman–Crippen MR) is 80.5 cm³/mol. The van der Waals surface area contributed by atoms with Crippen LogP contribution in [0.4, 0.5) is 0 Å². The molecule has 1 aliphatic rings. The second kappa shape index (κ2) is 5.85. The van der Waals surface area contributed by atoms with Gasteiger partial charge in [-0.25, -0.2) is 16.8 Å². The van der Waals surface area contributed by atoms with Crippen LogP contribution in [0, 0.1) is 0 Å². The van der Waals surface area contributed by atoms with Gasteiger partial charge in [-0.05, 0) is 31.0 Å². The van der Waals surface area contributed by atoms with E-state index in [-0.39, 0.29) is 27.4 Å². The highest BCUT2D eigenvalue weighted by Gasteiger charge is 2.36. The zero-order chi connectivity index (χ0) is 15.8. The molecule has 0 spiro atoms. The first kappa shape index (κ1) is 16.7. The maximum atomic E-state index is 12.7. The van der Waals surface area contributed by atoms with Crippen LogP contribution < -0.4 is 5.73 Å². The molecule has 0 amide bonds. The number of rotatable bonds is 4. The lowest BCUT2D eigenvalue weighted by atomic mass is 10.2. The number of nitrogens with zero attached hydrogens (tertiary/aromatic N) is 1. The summed E-state index contributed by atoms with van der Waals surface area (Å²) < 4.78 is 49.9. The average Bonchev–Trinajstić information content (AvgIpc) is 2.86. The van der Waals surface area contributed by atoms with E-state index < -0.39 is 19.9 Å². The Morgan fingerprint density at radius 2 is 2.00 bits per heavy atom. The molecule has 1 saturated heterocycles. The van der Waals surface area contributed by atoms with Crippen LogP contribution >= 0.6 is 11.6 Å². The number of nitrogens with two attached hydrogens (primary N) is 1. The summed E-state index contributed by atoms with van der Waals surface area (Å²) in [4.78, 5) is -0.263. The quantitative estimate of drug-likeness (QED) is 0.866. The lowest BCUT2D eigenvalue weighted by molar-refractivity contribution is 0.393. The molecule has 6 nitrogen and oxygen atoms in total. The van der Waals surface area contributed by atoms with Crippen LogP contribution in [0.5, 0.6) is 0 Å². The van der Waals surface area contributed by atoms with Gasteiger partial charge in [0.25, 0.3) is 0 Å². The molecule has 2 N–H and O–H groups in total. The lowest BCUT2D eigenvalue weighted by Gasteiger charge is -2.23. The number of halogens is 1. The molecule has 1 unspecified atom stereocenters. The van der Waals surface area contributed by atoms with Crippen molar-refractivity contribution in [3.8, 4) is 0 Å². The van der Waals surface area contributed by atoms with Crippen molar-refractivity contribution < 1.29 is 16.8 Å². The molecule has 0 radical (unpaired) electrons. The molecule has 0 aromatic heterocycles. The number of sulfone groups is 1. The van der Waals surface area contributed by atoms with Crippen molar-refractivity contribution in [3.05, 3.63) is 23.2 Å². The fraction of sp³-hybridized carbons (Fsp3) is 0.500. The molecular weight excluding hydrogens is 336 g/mol. The van der Waals surface area contributed by atoms with Crippen molar-refractivity contribution in [1.29, 1.82) is 0 Å². The Balaban J connectivity index is 2.54. The average molecular weight is 353 g/mol.